The molecule has 0 unspecified atom stereocenters. The average molecular weight is 268 g/mol. The summed E-state index contributed by atoms with van der Waals surface area (Å²) in [5.41, 5.74) is -4.60. The van der Waals surface area contributed by atoms with Crippen molar-refractivity contribution in [3.8, 4) is 0 Å². The summed E-state index contributed by atoms with van der Waals surface area (Å²) in [6, 6.07) is 0. The van der Waals surface area contributed by atoms with Crippen molar-refractivity contribution in [2.45, 2.75) is 14.2 Å². The van der Waals surface area contributed by atoms with E-state index in [1.165, 1.54) is 0 Å². The molecular weight excluding hydrogens is 268 g/mol. The van der Waals surface area contributed by atoms with E-state index in [2.05, 4.69) is 10.2 Å². The predicted molar refractivity (Wildman–Crippen MR) is 40.1 cm³/mol. The normalized spacial score (nSPS) is 13.1. The molecule has 1 rings (SSSR count). The summed E-state index contributed by atoms with van der Waals surface area (Å²) in [4.78, 5) is 0. The summed E-state index contributed by atoms with van der Waals surface area (Å²) in [6.07, 6.45) is 0. The third kappa shape index (κ3) is 3.38. The van der Waals surface area contributed by atoms with Crippen LogP contribution in [0.15, 0.2) is 8.68 Å². The van der Waals surface area contributed by atoms with E-state index in [-0.39, 0.29) is 11.3 Å². The van der Waals surface area contributed by atoms with E-state index < -0.39 is 36.2 Å². The van der Waals surface area contributed by atoms with Gasteiger partial charge in [-0.05, 0) is 0 Å². The van der Waals surface area contributed by atoms with Crippen molar-refractivity contribution in [3.05, 3.63) is 0 Å². The van der Waals surface area contributed by atoms with Gasteiger partial charge in [0, 0.05) is 11.8 Å². The highest BCUT2D eigenvalue weighted by Crippen LogP contribution is 2.38. The first-order chi connectivity index (χ1) is 6.18. The molecule has 0 aliphatic rings. The summed E-state index contributed by atoms with van der Waals surface area (Å²) in [7, 11) is -5.07. The lowest BCUT2D eigenvalue weighted by molar-refractivity contribution is -0.0328. The molecule has 0 aliphatic heterocycles. The summed E-state index contributed by atoms with van der Waals surface area (Å²) >= 11 is -0.624. The molecule has 0 fully saturated rings. The summed E-state index contributed by atoms with van der Waals surface area (Å²) in [6.45, 7) is 0. The van der Waals surface area contributed by atoms with Gasteiger partial charge in [-0.25, -0.2) is 0 Å². The molecule has 11 heteroatoms. The Balaban J connectivity index is 2.90. The van der Waals surface area contributed by atoms with Gasteiger partial charge in [0.1, 0.15) is 0 Å². The highest BCUT2D eigenvalue weighted by Gasteiger charge is 2.32. The summed E-state index contributed by atoms with van der Waals surface area (Å²) < 4.78 is 65.8. The molecule has 0 N–H and O–H groups in total. The van der Waals surface area contributed by atoms with Gasteiger partial charge >= 0.3 is 15.7 Å². The SMILES string of the molecule is O=S(=O)(F)c1nnc(SC(F)(F)F)s1. The Morgan fingerprint density at radius 3 is 2.21 bits per heavy atom. The van der Waals surface area contributed by atoms with Crippen LogP contribution in [0.5, 0.6) is 0 Å². The first kappa shape index (κ1) is 11.7. The van der Waals surface area contributed by atoms with Gasteiger partial charge in [0.25, 0.3) is 4.34 Å². The quantitative estimate of drug-likeness (QED) is 0.465. The van der Waals surface area contributed by atoms with Gasteiger partial charge in [-0.3, -0.25) is 0 Å². The Labute approximate surface area is 83.6 Å². The zero-order chi connectivity index (χ0) is 11.0. The second kappa shape index (κ2) is 3.62. The Kier molecular flexibility index (Phi) is 3.02. The molecule has 4 nitrogen and oxygen atoms in total. The molecule has 1 heterocycles. The molecule has 1 aromatic rings. The van der Waals surface area contributed by atoms with Gasteiger partial charge in [0.2, 0.25) is 0 Å². The van der Waals surface area contributed by atoms with Gasteiger partial charge in [-0.15, -0.1) is 10.2 Å². The van der Waals surface area contributed by atoms with Crippen molar-refractivity contribution in [2.24, 2.45) is 0 Å². The van der Waals surface area contributed by atoms with Gasteiger partial charge in [0.15, 0.2) is 4.34 Å². The Bertz CT molecular complexity index is 423. The lowest BCUT2D eigenvalue weighted by atomic mass is 11.5. The van der Waals surface area contributed by atoms with Gasteiger partial charge in [0.05, 0.1) is 0 Å². The maximum Gasteiger partial charge on any atom is 0.448 e. The Hall–Kier alpha value is -0.420. The van der Waals surface area contributed by atoms with Crippen LogP contribution in [0.1, 0.15) is 0 Å². The zero-order valence-corrected chi connectivity index (χ0v) is 8.40. The van der Waals surface area contributed by atoms with Crippen LogP contribution in [-0.4, -0.2) is 24.1 Å². The predicted octanol–water partition coefficient (Wildman–Crippen LogP) is 1.81. The van der Waals surface area contributed by atoms with Gasteiger partial charge in [-0.2, -0.15) is 21.6 Å². The molecule has 0 saturated carbocycles. The number of thioether (sulfide) groups is 1. The number of nitrogens with zero attached hydrogens (tertiary/aromatic N) is 2. The molecule has 0 aliphatic carbocycles. The maximum atomic E-state index is 12.2. The monoisotopic (exact) mass is 268 g/mol. The third-order valence-corrected chi connectivity index (χ3v) is 3.65. The van der Waals surface area contributed by atoms with Crippen molar-refractivity contribution in [2.75, 3.05) is 0 Å². The van der Waals surface area contributed by atoms with E-state index in [4.69, 9.17) is 0 Å². The van der Waals surface area contributed by atoms with E-state index in [1.807, 2.05) is 0 Å². The second-order valence-corrected chi connectivity index (χ2v) is 5.63. The number of hydrogen-bond donors (Lipinski definition) is 0. The Morgan fingerprint density at radius 1 is 1.29 bits per heavy atom. The minimum absolute atomic E-state index is 0.0245. The molecule has 0 aromatic carbocycles. The smallest absolute Gasteiger partial charge is 0.187 e. The first-order valence-corrected chi connectivity index (χ1v) is 5.74. The Morgan fingerprint density at radius 2 is 1.86 bits per heavy atom. The van der Waals surface area contributed by atoms with E-state index >= 15 is 0 Å². The fourth-order valence-electron chi connectivity index (χ4n) is 0.436. The van der Waals surface area contributed by atoms with Crippen molar-refractivity contribution >= 4 is 33.3 Å². The van der Waals surface area contributed by atoms with Crippen LogP contribution in [-0.2, 0) is 10.2 Å². The van der Waals surface area contributed by atoms with E-state index in [1.54, 1.807) is 0 Å². The molecule has 0 bridgehead atoms. The van der Waals surface area contributed by atoms with Gasteiger partial charge < -0.3 is 0 Å². The topological polar surface area (TPSA) is 59.9 Å². The molecule has 1 aromatic heterocycles. The lowest BCUT2D eigenvalue weighted by Gasteiger charge is -1.99. The van der Waals surface area contributed by atoms with Crippen LogP contribution < -0.4 is 0 Å². The third-order valence-electron chi connectivity index (χ3n) is 0.800. The van der Waals surface area contributed by atoms with Crippen LogP contribution in [0.2, 0.25) is 0 Å². The molecule has 80 valence electrons. The molecule has 14 heavy (non-hydrogen) atoms. The number of aromatic nitrogens is 2. The minimum Gasteiger partial charge on any atom is -0.187 e. The van der Waals surface area contributed by atoms with Crippen molar-refractivity contribution in [3.63, 3.8) is 0 Å². The molecular formula is C3F4N2O2S3. The highest BCUT2D eigenvalue weighted by molar-refractivity contribution is 8.02. The van der Waals surface area contributed by atoms with Crippen LogP contribution >= 0.6 is 23.1 Å². The van der Waals surface area contributed by atoms with Crippen molar-refractivity contribution < 1.29 is 25.5 Å². The fraction of sp³-hybridized carbons (Fsp3) is 0.333. The van der Waals surface area contributed by atoms with Crippen LogP contribution in [0.3, 0.4) is 0 Å². The van der Waals surface area contributed by atoms with Crippen molar-refractivity contribution in [1.29, 1.82) is 0 Å². The molecule has 0 saturated heterocycles. The second-order valence-electron chi connectivity index (χ2n) is 1.82. The van der Waals surface area contributed by atoms with E-state index in [9.17, 15) is 25.5 Å². The summed E-state index contributed by atoms with van der Waals surface area (Å²) in [5, 5.41) is 5.62. The van der Waals surface area contributed by atoms with Crippen LogP contribution in [0.25, 0.3) is 0 Å². The number of alkyl halides is 3. The first-order valence-electron chi connectivity index (χ1n) is 2.72. The minimum atomic E-state index is -5.07. The molecule has 0 amide bonds. The molecule has 0 radical (unpaired) electrons. The highest BCUT2D eigenvalue weighted by atomic mass is 32.3. The number of hydrogen-bond acceptors (Lipinski definition) is 6. The maximum absolute atomic E-state index is 12.2. The number of halogens is 4. The van der Waals surface area contributed by atoms with Crippen LogP contribution in [0.4, 0.5) is 17.1 Å². The largest absolute Gasteiger partial charge is 0.448 e. The molecule has 0 spiro atoms. The molecule has 0 atom stereocenters. The summed E-state index contributed by atoms with van der Waals surface area (Å²) in [5.74, 6) is 0. The zero-order valence-electron chi connectivity index (χ0n) is 5.95. The fourth-order valence-corrected chi connectivity index (χ4v) is 2.65. The van der Waals surface area contributed by atoms with Gasteiger partial charge in [-0.1, -0.05) is 15.2 Å². The lowest BCUT2D eigenvalue weighted by Crippen LogP contribution is -1.98. The number of rotatable bonds is 2. The standard InChI is InChI=1S/C3F4N2O2S3/c4-3(5,6)13-1-8-9-2(12-1)14(7,10)11. The van der Waals surface area contributed by atoms with Crippen LogP contribution in [0, 0.1) is 0 Å². The van der Waals surface area contributed by atoms with E-state index in [0.29, 0.717) is 0 Å². The van der Waals surface area contributed by atoms with E-state index in [0.717, 1.165) is 0 Å². The van der Waals surface area contributed by atoms with Crippen molar-refractivity contribution in [1.82, 2.24) is 10.2 Å². The average Bonchev–Trinajstić information content (AvgIpc) is 2.29.